The van der Waals surface area contributed by atoms with Crippen LogP contribution in [0, 0.1) is 23.1 Å². The van der Waals surface area contributed by atoms with E-state index in [4.69, 9.17) is 20.2 Å². The van der Waals surface area contributed by atoms with Gasteiger partial charge in [-0.2, -0.15) is 0 Å². The van der Waals surface area contributed by atoms with E-state index in [0.717, 1.165) is 16.7 Å². The highest BCUT2D eigenvalue weighted by atomic mass is 32.2. The first-order valence-electron chi connectivity index (χ1n) is 10.5. The van der Waals surface area contributed by atoms with E-state index in [-0.39, 0.29) is 11.2 Å². The van der Waals surface area contributed by atoms with E-state index in [2.05, 4.69) is 28.7 Å². The quantitative estimate of drug-likeness (QED) is 0.554. The number of ether oxygens (including phenoxy) is 2. The number of halogens is 1. The Morgan fingerprint density at radius 1 is 1.15 bits per heavy atom. The van der Waals surface area contributed by atoms with Crippen LogP contribution < -0.4 is 10.5 Å². The third-order valence-electron chi connectivity index (χ3n) is 6.09. The Labute approximate surface area is 194 Å². The van der Waals surface area contributed by atoms with Crippen molar-refractivity contribution in [1.29, 1.82) is 0 Å². The molecule has 1 aromatic carbocycles. The average Bonchev–Trinajstić information content (AvgIpc) is 3.19. The predicted octanol–water partition coefficient (Wildman–Crippen LogP) is 4.08. The summed E-state index contributed by atoms with van der Waals surface area (Å²) < 4.78 is 25.9. The number of hydrogen-bond donors (Lipinski definition) is 1. The van der Waals surface area contributed by atoms with Crippen molar-refractivity contribution >= 4 is 16.9 Å². The van der Waals surface area contributed by atoms with E-state index < -0.39 is 5.54 Å². The van der Waals surface area contributed by atoms with Crippen LogP contribution in [0.4, 0.5) is 4.39 Å². The minimum Gasteiger partial charge on any atom is -0.438 e. The Hall–Kier alpha value is -3.41. The SMILES string of the molecule is CC1(C#Cc2cnc3c(c2)C2(CSC(N)=N2)c2cc(-c4cnccc4F)ccc2O3)COC1. The fourth-order valence-corrected chi connectivity index (χ4v) is 5.21. The fourth-order valence-electron chi connectivity index (χ4n) is 4.26. The number of aliphatic imine (C=N–C) groups is 1. The summed E-state index contributed by atoms with van der Waals surface area (Å²) in [6.07, 6.45) is 4.66. The standard InChI is InChI=1S/C25H19FN4O2S/c1-24(12-31-13-24)6-4-15-8-19-22(29-10-15)32-21-3-2-16(17-11-28-7-5-20(17)26)9-18(21)25(19)14-33-23(27)30-25/h2-3,5,7-11H,12-14H2,1H3,(H2,27,30). The molecule has 1 saturated heterocycles. The first-order valence-corrected chi connectivity index (χ1v) is 11.5. The zero-order valence-electron chi connectivity index (χ0n) is 17.8. The molecular formula is C25H19FN4O2S. The van der Waals surface area contributed by atoms with E-state index in [9.17, 15) is 4.39 Å². The van der Waals surface area contributed by atoms with Gasteiger partial charge >= 0.3 is 0 Å². The number of fused-ring (bicyclic) bond motifs is 4. The topological polar surface area (TPSA) is 82.6 Å². The normalized spacial score (nSPS) is 21.7. The van der Waals surface area contributed by atoms with Crippen LogP contribution in [-0.4, -0.2) is 34.1 Å². The zero-order chi connectivity index (χ0) is 22.6. The highest BCUT2D eigenvalue weighted by Crippen LogP contribution is 2.53. The monoisotopic (exact) mass is 458 g/mol. The number of amidine groups is 1. The molecule has 0 bridgehead atoms. The van der Waals surface area contributed by atoms with Gasteiger partial charge in [-0.1, -0.05) is 29.7 Å². The smallest absolute Gasteiger partial charge is 0.225 e. The summed E-state index contributed by atoms with van der Waals surface area (Å²) in [7, 11) is 0. The Kier molecular flexibility index (Phi) is 4.47. The minimum absolute atomic E-state index is 0.134. The van der Waals surface area contributed by atoms with E-state index in [1.165, 1.54) is 30.2 Å². The molecule has 1 unspecified atom stereocenters. The van der Waals surface area contributed by atoms with Crippen molar-refractivity contribution in [1.82, 2.24) is 9.97 Å². The maximum Gasteiger partial charge on any atom is 0.225 e. The van der Waals surface area contributed by atoms with Crippen molar-refractivity contribution in [3.05, 3.63) is 71.4 Å². The molecule has 1 spiro atoms. The van der Waals surface area contributed by atoms with Crippen LogP contribution in [0.2, 0.25) is 0 Å². The number of benzene rings is 1. The predicted molar refractivity (Wildman–Crippen MR) is 125 cm³/mol. The molecule has 0 amide bonds. The van der Waals surface area contributed by atoms with Gasteiger partial charge in [0.05, 0.1) is 18.6 Å². The first-order chi connectivity index (χ1) is 16.0. The lowest BCUT2D eigenvalue weighted by molar-refractivity contribution is -0.0648. The number of aromatic nitrogens is 2. The molecule has 2 aromatic heterocycles. The summed E-state index contributed by atoms with van der Waals surface area (Å²) in [5.74, 6) is 7.87. The summed E-state index contributed by atoms with van der Waals surface area (Å²) in [6.45, 7) is 3.34. The molecule has 8 heteroatoms. The molecule has 0 saturated carbocycles. The van der Waals surface area contributed by atoms with Gasteiger partial charge < -0.3 is 15.2 Å². The van der Waals surface area contributed by atoms with Crippen LogP contribution in [0.25, 0.3) is 11.1 Å². The van der Waals surface area contributed by atoms with Crippen molar-refractivity contribution in [3.8, 4) is 34.6 Å². The fraction of sp³-hybridized carbons (Fsp3) is 0.240. The molecule has 5 heterocycles. The van der Waals surface area contributed by atoms with Crippen LogP contribution in [0.3, 0.4) is 0 Å². The lowest BCUT2D eigenvalue weighted by atomic mass is 9.81. The van der Waals surface area contributed by atoms with E-state index in [1.807, 2.05) is 24.3 Å². The second kappa shape index (κ2) is 7.30. The van der Waals surface area contributed by atoms with Gasteiger partial charge in [0.25, 0.3) is 0 Å². The van der Waals surface area contributed by atoms with Gasteiger partial charge in [-0.25, -0.2) is 14.4 Å². The van der Waals surface area contributed by atoms with E-state index in [0.29, 0.717) is 46.9 Å². The third kappa shape index (κ3) is 3.27. The molecule has 3 aliphatic rings. The summed E-state index contributed by atoms with van der Waals surface area (Å²) >= 11 is 1.48. The van der Waals surface area contributed by atoms with Crippen LogP contribution in [0.1, 0.15) is 23.6 Å². The van der Waals surface area contributed by atoms with Gasteiger partial charge in [0, 0.05) is 46.6 Å². The molecule has 1 fully saturated rings. The summed E-state index contributed by atoms with van der Waals surface area (Å²) in [4.78, 5) is 13.5. The van der Waals surface area contributed by atoms with E-state index >= 15 is 0 Å². The lowest BCUT2D eigenvalue weighted by Gasteiger charge is -2.34. The Bertz CT molecular complexity index is 1390. The molecule has 33 heavy (non-hydrogen) atoms. The Morgan fingerprint density at radius 2 is 2.03 bits per heavy atom. The molecule has 164 valence electrons. The maximum absolute atomic E-state index is 14.5. The highest BCUT2D eigenvalue weighted by Gasteiger charge is 2.46. The minimum atomic E-state index is -0.791. The third-order valence-corrected chi connectivity index (χ3v) is 7.04. The molecule has 6 nitrogen and oxygen atoms in total. The number of nitrogens with zero attached hydrogens (tertiary/aromatic N) is 3. The summed E-state index contributed by atoms with van der Waals surface area (Å²) in [6, 6.07) is 8.87. The molecule has 1 atom stereocenters. The molecule has 0 radical (unpaired) electrons. The molecule has 6 rings (SSSR count). The Balaban J connectivity index is 1.50. The highest BCUT2D eigenvalue weighted by molar-refractivity contribution is 8.14. The van der Waals surface area contributed by atoms with Crippen LogP contribution in [-0.2, 0) is 10.3 Å². The second-order valence-corrected chi connectivity index (χ2v) is 9.64. The lowest BCUT2D eigenvalue weighted by Crippen LogP contribution is -2.38. The van der Waals surface area contributed by atoms with Gasteiger partial charge in [-0.15, -0.1) is 0 Å². The Morgan fingerprint density at radius 3 is 2.76 bits per heavy atom. The molecule has 3 aliphatic heterocycles. The largest absolute Gasteiger partial charge is 0.438 e. The maximum atomic E-state index is 14.5. The van der Waals surface area contributed by atoms with Crippen molar-refractivity contribution in [3.63, 3.8) is 0 Å². The first kappa shape index (κ1) is 20.2. The average molecular weight is 459 g/mol. The van der Waals surface area contributed by atoms with Gasteiger partial charge in [-0.3, -0.25) is 4.98 Å². The van der Waals surface area contributed by atoms with Crippen LogP contribution >= 0.6 is 11.8 Å². The van der Waals surface area contributed by atoms with Gasteiger partial charge in [0.15, 0.2) is 5.17 Å². The summed E-state index contributed by atoms with van der Waals surface area (Å²) in [5.41, 5.74) is 8.72. The van der Waals surface area contributed by atoms with Crippen LogP contribution in [0.5, 0.6) is 11.6 Å². The van der Waals surface area contributed by atoms with Gasteiger partial charge in [0.2, 0.25) is 5.88 Å². The second-order valence-electron chi connectivity index (χ2n) is 8.65. The molecule has 0 aliphatic carbocycles. The number of thioether (sulfide) groups is 1. The number of rotatable bonds is 1. The summed E-state index contributed by atoms with van der Waals surface area (Å²) in [5, 5.41) is 0.488. The number of pyridine rings is 2. The van der Waals surface area contributed by atoms with E-state index in [1.54, 1.807) is 6.20 Å². The van der Waals surface area contributed by atoms with Crippen molar-refractivity contribution < 1.29 is 13.9 Å². The van der Waals surface area contributed by atoms with Gasteiger partial charge in [0.1, 0.15) is 17.1 Å². The van der Waals surface area contributed by atoms with Crippen molar-refractivity contribution in [2.75, 3.05) is 19.0 Å². The molecule has 2 N–H and O–H groups in total. The van der Waals surface area contributed by atoms with Crippen LogP contribution in [0.15, 0.2) is 53.9 Å². The van der Waals surface area contributed by atoms with Gasteiger partial charge in [-0.05, 0) is 36.8 Å². The van der Waals surface area contributed by atoms with Crippen molar-refractivity contribution in [2.24, 2.45) is 16.1 Å². The zero-order valence-corrected chi connectivity index (χ0v) is 18.6. The van der Waals surface area contributed by atoms with Crippen molar-refractivity contribution in [2.45, 2.75) is 12.5 Å². The number of hydrogen-bond acceptors (Lipinski definition) is 7. The number of nitrogens with two attached hydrogens (primary N) is 1. The molecule has 3 aromatic rings. The molecular weight excluding hydrogens is 439 g/mol.